The van der Waals surface area contributed by atoms with E-state index in [9.17, 15) is 9.90 Å². The molecule has 0 radical (unpaired) electrons. The Hall–Kier alpha value is -1.75. The van der Waals surface area contributed by atoms with Crippen LogP contribution < -0.4 is 14.8 Å². The Morgan fingerprint density at radius 2 is 1.91 bits per heavy atom. The predicted octanol–water partition coefficient (Wildman–Crippen LogP) is 3.07. The monoisotopic (exact) mass is 321 g/mol. The van der Waals surface area contributed by atoms with Crippen LogP contribution in [0.5, 0.6) is 11.5 Å². The first-order valence-corrected chi connectivity index (χ1v) is 8.38. The molecule has 1 aromatic carbocycles. The van der Waals surface area contributed by atoms with Gasteiger partial charge >= 0.3 is 5.97 Å². The van der Waals surface area contributed by atoms with Gasteiger partial charge in [-0.1, -0.05) is 19.9 Å². The van der Waals surface area contributed by atoms with E-state index in [1.165, 1.54) is 0 Å². The van der Waals surface area contributed by atoms with Crippen LogP contribution >= 0.6 is 0 Å². The quantitative estimate of drug-likeness (QED) is 0.808. The summed E-state index contributed by atoms with van der Waals surface area (Å²) in [6.07, 6.45) is 2.69. The second-order valence-corrected chi connectivity index (χ2v) is 6.48. The van der Waals surface area contributed by atoms with E-state index in [2.05, 4.69) is 5.32 Å². The van der Waals surface area contributed by atoms with Crippen LogP contribution in [0.4, 0.5) is 0 Å². The van der Waals surface area contributed by atoms with Gasteiger partial charge in [0, 0.05) is 13.1 Å². The molecule has 1 aliphatic rings. The van der Waals surface area contributed by atoms with Crippen molar-refractivity contribution >= 4 is 5.97 Å². The molecule has 0 spiro atoms. The average Bonchev–Trinajstić information content (AvgIpc) is 2.47. The topological polar surface area (TPSA) is 67.8 Å². The Morgan fingerprint density at radius 3 is 2.57 bits per heavy atom. The molecule has 0 amide bonds. The molecule has 128 valence electrons. The van der Waals surface area contributed by atoms with Crippen molar-refractivity contribution in [3.8, 4) is 11.5 Å². The van der Waals surface area contributed by atoms with Crippen LogP contribution in [0.2, 0.25) is 0 Å². The molecule has 5 nitrogen and oxygen atoms in total. The number of fused-ring (bicyclic) bond motifs is 1. The lowest BCUT2D eigenvalue weighted by molar-refractivity contribution is -0.142. The highest BCUT2D eigenvalue weighted by Gasteiger charge is 2.18. The summed E-state index contributed by atoms with van der Waals surface area (Å²) in [6.45, 7) is 6.62. The summed E-state index contributed by atoms with van der Waals surface area (Å²) < 4.78 is 11.4. The molecular formula is C18H27NO4. The molecule has 1 aromatic rings. The van der Waals surface area contributed by atoms with Crippen molar-refractivity contribution in [2.24, 2.45) is 11.8 Å². The summed E-state index contributed by atoms with van der Waals surface area (Å²) in [4.78, 5) is 11.3. The van der Waals surface area contributed by atoms with E-state index in [0.29, 0.717) is 32.0 Å². The number of carboxylic acids is 1. The number of ether oxygens (including phenoxy) is 2. The molecule has 0 aliphatic carbocycles. The van der Waals surface area contributed by atoms with Crippen LogP contribution in [0.3, 0.4) is 0 Å². The second kappa shape index (κ2) is 8.77. The van der Waals surface area contributed by atoms with E-state index in [4.69, 9.17) is 9.47 Å². The van der Waals surface area contributed by atoms with Gasteiger partial charge in [0.2, 0.25) is 0 Å². The van der Waals surface area contributed by atoms with Crippen molar-refractivity contribution < 1.29 is 19.4 Å². The van der Waals surface area contributed by atoms with Gasteiger partial charge in [-0.3, -0.25) is 4.79 Å². The molecule has 0 fully saturated rings. The molecule has 5 heteroatoms. The van der Waals surface area contributed by atoms with Gasteiger partial charge in [0.05, 0.1) is 19.1 Å². The first kappa shape index (κ1) is 17.6. The lowest BCUT2D eigenvalue weighted by Gasteiger charge is -2.18. The van der Waals surface area contributed by atoms with Gasteiger partial charge in [-0.25, -0.2) is 0 Å². The second-order valence-electron chi connectivity index (χ2n) is 6.48. The zero-order chi connectivity index (χ0) is 16.7. The molecule has 1 aliphatic heterocycles. The minimum absolute atomic E-state index is 0.348. The number of benzene rings is 1. The molecule has 1 atom stereocenters. The number of nitrogens with one attached hydrogen (secondary N) is 1. The van der Waals surface area contributed by atoms with E-state index in [1.807, 2.05) is 32.0 Å². The summed E-state index contributed by atoms with van der Waals surface area (Å²) >= 11 is 0. The fourth-order valence-electron chi connectivity index (χ4n) is 2.69. The maximum atomic E-state index is 11.3. The molecule has 23 heavy (non-hydrogen) atoms. The van der Waals surface area contributed by atoms with E-state index in [1.54, 1.807) is 0 Å². The lowest BCUT2D eigenvalue weighted by Crippen LogP contribution is -2.29. The molecule has 0 saturated heterocycles. The summed E-state index contributed by atoms with van der Waals surface area (Å²) in [7, 11) is 0. The summed E-state index contributed by atoms with van der Waals surface area (Å²) in [5.74, 6) is 0.859. The number of aliphatic carboxylic acids is 1. The van der Waals surface area contributed by atoms with Crippen LogP contribution in [0.25, 0.3) is 0 Å². The van der Waals surface area contributed by atoms with Gasteiger partial charge in [0.1, 0.15) is 0 Å². The maximum Gasteiger partial charge on any atom is 0.307 e. The molecule has 0 aromatic heterocycles. The molecule has 0 saturated carbocycles. The SMILES string of the molecule is CC(C)CC(CNCc1ccc2c(c1)OCCCCO2)C(=O)O. The third-order valence-electron chi connectivity index (χ3n) is 3.89. The number of hydrogen-bond acceptors (Lipinski definition) is 4. The zero-order valence-corrected chi connectivity index (χ0v) is 14.0. The Kier molecular flexibility index (Phi) is 6.71. The minimum atomic E-state index is -0.735. The fraction of sp³-hybridized carbons (Fsp3) is 0.611. The van der Waals surface area contributed by atoms with Crippen LogP contribution in [-0.4, -0.2) is 30.8 Å². The summed E-state index contributed by atoms with van der Waals surface area (Å²) in [5.41, 5.74) is 1.07. The van der Waals surface area contributed by atoms with Gasteiger partial charge in [-0.15, -0.1) is 0 Å². The van der Waals surface area contributed by atoms with Gasteiger partial charge < -0.3 is 19.9 Å². The minimum Gasteiger partial charge on any atom is -0.490 e. The van der Waals surface area contributed by atoms with Gasteiger partial charge in [0.15, 0.2) is 11.5 Å². The van der Waals surface area contributed by atoms with Crippen molar-refractivity contribution in [1.82, 2.24) is 5.32 Å². The normalized spacial score (nSPS) is 15.8. The number of carboxylic acid groups (broad SMARTS) is 1. The first-order chi connectivity index (χ1) is 11.1. The largest absolute Gasteiger partial charge is 0.490 e. The molecule has 1 unspecified atom stereocenters. The molecule has 2 rings (SSSR count). The van der Waals surface area contributed by atoms with Crippen LogP contribution in [0, 0.1) is 11.8 Å². The van der Waals surface area contributed by atoms with E-state index in [-0.39, 0.29) is 5.92 Å². The summed E-state index contributed by atoms with van der Waals surface area (Å²) in [5, 5.41) is 12.5. The molecule has 2 N–H and O–H groups in total. The Morgan fingerprint density at radius 1 is 1.22 bits per heavy atom. The smallest absolute Gasteiger partial charge is 0.307 e. The average molecular weight is 321 g/mol. The highest BCUT2D eigenvalue weighted by molar-refractivity contribution is 5.70. The third-order valence-corrected chi connectivity index (χ3v) is 3.89. The summed E-state index contributed by atoms with van der Waals surface area (Å²) in [6, 6.07) is 5.90. The van der Waals surface area contributed by atoms with Crippen molar-refractivity contribution in [3.63, 3.8) is 0 Å². The third kappa shape index (κ3) is 5.75. The van der Waals surface area contributed by atoms with Crippen molar-refractivity contribution in [2.45, 2.75) is 39.7 Å². The molecule has 0 bridgehead atoms. The molecular weight excluding hydrogens is 294 g/mol. The number of carbonyl (C=O) groups is 1. The van der Waals surface area contributed by atoms with E-state index < -0.39 is 5.97 Å². The van der Waals surface area contributed by atoms with Gasteiger partial charge in [-0.2, -0.15) is 0 Å². The fourth-order valence-corrected chi connectivity index (χ4v) is 2.69. The number of hydrogen-bond donors (Lipinski definition) is 2. The van der Waals surface area contributed by atoms with E-state index in [0.717, 1.165) is 36.5 Å². The van der Waals surface area contributed by atoms with Crippen LogP contribution in [-0.2, 0) is 11.3 Å². The number of rotatable bonds is 7. The standard InChI is InChI=1S/C18H27NO4/c1-13(2)9-15(18(20)21)12-19-11-14-5-6-16-17(10-14)23-8-4-3-7-22-16/h5-6,10,13,15,19H,3-4,7-9,11-12H2,1-2H3,(H,20,21). The Balaban J connectivity index is 1.90. The van der Waals surface area contributed by atoms with Crippen molar-refractivity contribution in [2.75, 3.05) is 19.8 Å². The van der Waals surface area contributed by atoms with Crippen molar-refractivity contribution in [1.29, 1.82) is 0 Å². The van der Waals surface area contributed by atoms with Gasteiger partial charge in [-0.05, 0) is 42.9 Å². The van der Waals surface area contributed by atoms with Crippen LogP contribution in [0.15, 0.2) is 18.2 Å². The maximum absolute atomic E-state index is 11.3. The van der Waals surface area contributed by atoms with Gasteiger partial charge in [0.25, 0.3) is 0 Å². The van der Waals surface area contributed by atoms with Crippen LogP contribution in [0.1, 0.15) is 38.7 Å². The molecule has 1 heterocycles. The highest BCUT2D eigenvalue weighted by atomic mass is 16.5. The zero-order valence-electron chi connectivity index (χ0n) is 14.0. The highest BCUT2D eigenvalue weighted by Crippen LogP contribution is 2.30. The van der Waals surface area contributed by atoms with Crippen molar-refractivity contribution in [3.05, 3.63) is 23.8 Å². The Bertz CT molecular complexity index is 516. The van der Waals surface area contributed by atoms with E-state index >= 15 is 0 Å². The Labute approximate surface area is 138 Å². The first-order valence-electron chi connectivity index (χ1n) is 8.38. The lowest BCUT2D eigenvalue weighted by atomic mass is 9.97. The predicted molar refractivity (Wildman–Crippen MR) is 89.0 cm³/mol.